The summed E-state index contributed by atoms with van der Waals surface area (Å²) in [7, 11) is 0. The fraction of sp³-hybridized carbons (Fsp3) is 0.333. The molecule has 0 fully saturated rings. The Balaban J connectivity index is 1.52. The Bertz CT molecular complexity index is 844. The molecule has 0 unspecified atom stereocenters. The van der Waals surface area contributed by atoms with Crippen LogP contribution in [0.25, 0.3) is 0 Å². The first-order valence-corrected chi connectivity index (χ1v) is 10.2. The van der Waals surface area contributed by atoms with E-state index in [0.29, 0.717) is 17.1 Å². The highest BCUT2D eigenvalue weighted by Gasteiger charge is 2.17. The van der Waals surface area contributed by atoms with Crippen molar-refractivity contribution < 1.29 is 9.59 Å². The first kappa shape index (κ1) is 18.4. The van der Waals surface area contributed by atoms with Crippen LogP contribution in [0, 0.1) is 11.3 Å². The van der Waals surface area contributed by atoms with Gasteiger partial charge in [0.25, 0.3) is 0 Å². The van der Waals surface area contributed by atoms with Crippen molar-refractivity contribution in [2.24, 2.45) is 0 Å². The van der Waals surface area contributed by atoms with Crippen molar-refractivity contribution in [1.29, 1.82) is 5.26 Å². The van der Waals surface area contributed by atoms with Crippen molar-refractivity contribution >= 4 is 35.0 Å². The Morgan fingerprint density at radius 2 is 2.19 bits per heavy atom. The average Bonchev–Trinajstić information content (AvgIpc) is 3.17. The molecule has 2 heterocycles. The smallest absolute Gasteiger partial charge is 0.321 e. The lowest BCUT2D eigenvalue weighted by Gasteiger charge is -2.16. The lowest BCUT2D eigenvalue weighted by Crippen LogP contribution is -2.39. The number of carbonyl (C=O) groups excluding carboxylic acids is 2. The largest absolute Gasteiger partial charge is 0.333 e. The summed E-state index contributed by atoms with van der Waals surface area (Å²) in [6.45, 7) is 0.384. The molecule has 1 aliphatic carbocycles. The second kappa shape index (κ2) is 8.83. The standard InChI is InChI=1S/C18H18N4O2S2/c19-9-13-8-12-4-1-2-6-15(12)21-17(13)26-11-16(23)22-18(24)20-10-14-5-3-7-25-14/h3,5,7-8H,1-2,4,6,10-11H2,(H2,20,22,23,24). The van der Waals surface area contributed by atoms with E-state index in [1.54, 1.807) is 0 Å². The molecule has 0 aromatic carbocycles. The lowest BCUT2D eigenvalue weighted by atomic mass is 9.95. The molecule has 0 saturated carbocycles. The highest BCUT2D eigenvalue weighted by atomic mass is 32.2. The average molecular weight is 387 g/mol. The lowest BCUT2D eigenvalue weighted by molar-refractivity contribution is -0.117. The van der Waals surface area contributed by atoms with Crippen LogP contribution in [0.3, 0.4) is 0 Å². The topological polar surface area (TPSA) is 94.9 Å². The van der Waals surface area contributed by atoms with Crippen molar-refractivity contribution in [2.45, 2.75) is 37.3 Å². The van der Waals surface area contributed by atoms with Crippen LogP contribution in [0.2, 0.25) is 0 Å². The van der Waals surface area contributed by atoms with Crippen LogP contribution in [-0.4, -0.2) is 22.7 Å². The molecule has 0 radical (unpaired) electrons. The van der Waals surface area contributed by atoms with Crippen LogP contribution < -0.4 is 10.6 Å². The van der Waals surface area contributed by atoms with Crippen LogP contribution in [0.4, 0.5) is 4.79 Å². The van der Waals surface area contributed by atoms with E-state index in [0.717, 1.165) is 41.8 Å². The number of nitriles is 1. The molecular formula is C18H18N4O2S2. The summed E-state index contributed by atoms with van der Waals surface area (Å²) in [5.74, 6) is -0.380. The van der Waals surface area contributed by atoms with Crippen LogP contribution in [0.1, 0.15) is 34.5 Å². The summed E-state index contributed by atoms with van der Waals surface area (Å²) in [5.41, 5.74) is 2.65. The van der Waals surface area contributed by atoms with Crippen molar-refractivity contribution in [2.75, 3.05) is 5.75 Å². The Hall–Kier alpha value is -2.37. The minimum atomic E-state index is -0.525. The number of thiophene rings is 1. The number of rotatable bonds is 5. The zero-order chi connectivity index (χ0) is 18.4. The molecule has 0 atom stereocenters. The Labute approximate surface area is 160 Å². The summed E-state index contributed by atoms with van der Waals surface area (Å²) in [5, 5.41) is 16.7. The van der Waals surface area contributed by atoms with Crippen molar-refractivity contribution in [3.63, 3.8) is 0 Å². The van der Waals surface area contributed by atoms with Gasteiger partial charge in [-0.3, -0.25) is 10.1 Å². The molecule has 0 bridgehead atoms. The number of imide groups is 1. The molecule has 1 aliphatic rings. The summed E-state index contributed by atoms with van der Waals surface area (Å²) in [4.78, 5) is 29.3. The molecule has 3 rings (SSSR count). The van der Waals surface area contributed by atoms with Gasteiger partial charge in [0.1, 0.15) is 11.1 Å². The van der Waals surface area contributed by atoms with Crippen LogP contribution in [0.15, 0.2) is 28.6 Å². The van der Waals surface area contributed by atoms with E-state index in [2.05, 4.69) is 21.7 Å². The summed E-state index contributed by atoms with van der Waals surface area (Å²) < 4.78 is 0. The predicted molar refractivity (Wildman–Crippen MR) is 101 cm³/mol. The zero-order valence-corrected chi connectivity index (χ0v) is 15.7. The quantitative estimate of drug-likeness (QED) is 0.770. The summed E-state index contributed by atoms with van der Waals surface area (Å²) in [6.07, 6.45) is 4.08. The number of aryl methyl sites for hydroxylation is 2. The van der Waals surface area contributed by atoms with E-state index in [1.807, 2.05) is 23.6 Å². The van der Waals surface area contributed by atoms with Gasteiger partial charge in [-0.15, -0.1) is 11.3 Å². The van der Waals surface area contributed by atoms with Gasteiger partial charge in [-0.1, -0.05) is 17.8 Å². The zero-order valence-electron chi connectivity index (χ0n) is 14.1. The van der Waals surface area contributed by atoms with Crippen molar-refractivity contribution in [1.82, 2.24) is 15.6 Å². The fourth-order valence-electron chi connectivity index (χ4n) is 2.73. The third-order valence-electron chi connectivity index (χ3n) is 3.98. The molecule has 2 aromatic heterocycles. The third kappa shape index (κ3) is 4.84. The molecule has 2 N–H and O–H groups in total. The van der Waals surface area contributed by atoms with Gasteiger partial charge in [0, 0.05) is 10.6 Å². The molecule has 0 saturated heterocycles. The van der Waals surface area contributed by atoms with Gasteiger partial charge in [0.15, 0.2) is 0 Å². The number of thioether (sulfide) groups is 1. The second-order valence-electron chi connectivity index (χ2n) is 5.86. The maximum atomic E-state index is 12.0. The number of pyridine rings is 1. The molecule has 134 valence electrons. The fourth-order valence-corrected chi connectivity index (χ4v) is 4.15. The molecule has 8 heteroatoms. The Morgan fingerprint density at radius 3 is 2.96 bits per heavy atom. The molecule has 2 aromatic rings. The van der Waals surface area contributed by atoms with E-state index in [9.17, 15) is 14.9 Å². The molecule has 26 heavy (non-hydrogen) atoms. The number of aromatic nitrogens is 1. The Kier molecular flexibility index (Phi) is 6.26. The van der Waals surface area contributed by atoms with Gasteiger partial charge >= 0.3 is 6.03 Å². The van der Waals surface area contributed by atoms with Gasteiger partial charge in [-0.25, -0.2) is 9.78 Å². The number of fused-ring (bicyclic) bond motifs is 1. The molecule has 0 aliphatic heterocycles. The SMILES string of the molecule is N#Cc1cc2c(nc1SCC(=O)NC(=O)NCc1cccs1)CCCC2. The second-order valence-corrected chi connectivity index (χ2v) is 7.86. The van der Waals surface area contributed by atoms with E-state index >= 15 is 0 Å². The van der Waals surface area contributed by atoms with Gasteiger partial charge in [0.05, 0.1) is 17.9 Å². The maximum Gasteiger partial charge on any atom is 0.321 e. The summed E-state index contributed by atoms with van der Waals surface area (Å²) >= 11 is 2.72. The van der Waals surface area contributed by atoms with Gasteiger partial charge < -0.3 is 5.32 Å². The highest BCUT2D eigenvalue weighted by molar-refractivity contribution is 8.00. The highest BCUT2D eigenvalue weighted by Crippen LogP contribution is 2.27. The van der Waals surface area contributed by atoms with Gasteiger partial charge in [-0.05, 0) is 48.8 Å². The minimum absolute atomic E-state index is 0.0346. The Morgan fingerprint density at radius 1 is 1.35 bits per heavy atom. The van der Waals surface area contributed by atoms with E-state index < -0.39 is 11.9 Å². The molecule has 0 spiro atoms. The third-order valence-corrected chi connectivity index (χ3v) is 5.85. The number of hydrogen-bond acceptors (Lipinski definition) is 6. The summed E-state index contributed by atoms with van der Waals surface area (Å²) in [6, 6.07) is 7.33. The molecule has 3 amide bonds. The first-order chi connectivity index (χ1) is 12.7. The van der Waals surface area contributed by atoms with Gasteiger partial charge in [0.2, 0.25) is 5.91 Å². The normalized spacial score (nSPS) is 12.7. The number of carbonyl (C=O) groups is 2. The van der Waals surface area contributed by atoms with E-state index in [4.69, 9.17) is 0 Å². The van der Waals surface area contributed by atoms with Crippen LogP contribution >= 0.6 is 23.1 Å². The maximum absolute atomic E-state index is 12.0. The van der Waals surface area contributed by atoms with Crippen molar-refractivity contribution in [3.8, 4) is 6.07 Å². The number of urea groups is 1. The van der Waals surface area contributed by atoms with E-state index in [1.165, 1.54) is 23.1 Å². The van der Waals surface area contributed by atoms with Crippen LogP contribution in [-0.2, 0) is 24.2 Å². The molecule has 6 nitrogen and oxygen atoms in total. The predicted octanol–water partition coefficient (Wildman–Crippen LogP) is 3.01. The number of hydrogen-bond donors (Lipinski definition) is 2. The van der Waals surface area contributed by atoms with Gasteiger partial charge in [-0.2, -0.15) is 5.26 Å². The van der Waals surface area contributed by atoms with Crippen LogP contribution in [0.5, 0.6) is 0 Å². The van der Waals surface area contributed by atoms with Crippen molar-refractivity contribution in [3.05, 3.63) is 45.3 Å². The molecular weight excluding hydrogens is 368 g/mol. The number of nitrogens with zero attached hydrogens (tertiary/aromatic N) is 2. The number of nitrogens with one attached hydrogen (secondary N) is 2. The monoisotopic (exact) mass is 386 g/mol. The minimum Gasteiger partial charge on any atom is -0.333 e. The van der Waals surface area contributed by atoms with E-state index in [-0.39, 0.29) is 5.75 Å². The number of amides is 3. The first-order valence-electron chi connectivity index (χ1n) is 8.31.